The third-order valence-electron chi connectivity index (χ3n) is 5.52. The van der Waals surface area contributed by atoms with Crippen molar-refractivity contribution in [3.8, 4) is 11.1 Å². The second-order valence-electron chi connectivity index (χ2n) is 7.17. The van der Waals surface area contributed by atoms with Gasteiger partial charge in [0.25, 0.3) is 0 Å². The predicted octanol–water partition coefficient (Wildman–Crippen LogP) is 4.07. The molecule has 0 unspecified atom stereocenters. The van der Waals surface area contributed by atoms with Crippen LogP contribution in [-0.4, -0.2) is 49.6 Å². The molecule has 0 saturated carbocycles. The molecule has 0 aromatic heterocycles. The highest BCUT2D eigenvalue weighted by atomic mass is 19.1. The highest BCUT2D eigenvalue weighted by Crippen LogP contribution is 2.36. The number of hydrogen-bond donors (Lipinski definition) is 0. The second-order valence-corrected chi connectivity index (χ2v) is 7.17. The van der Waals surface area contributed by atoms with Gasteiger partial charge in [-0.05, 0) is 59.8 Å². The zero-order valence-corrected chi connectivity index (χ0v) is 14.8. The molecule has 2 aliphatic rings. The normalized spacial score (nSPS) is 18.2. The molecule has 1 saturated heterocycles. The third-order valence-corrected chi connectivity index (χ3v) is 5.52. The number of piperazine rings is 1. The van der Waals surface area contributed by atoms with Crippen molar-refractivity contribution >= 4 is 5.57 Å². The maximum atomic E-state index is 13.2. The van der Waals surface area contributed by atoms with E-state index in [9.17, 15) is 4.39 Å². The molecule has 25 heavy (non-hydrogen) atoms. The summed E-state index contributed by atoms with van der Waals surface area (Å²) in [5.41, 5.74) is 6.59. The average molecular weight is 336 g/mol. The Morgan fingerprint density at radius 3 is 2.40 bits per heavy atom. The highest BCUT2D eigenvalue weighted by molar-refractivity contribution is 5.81. The number of benzene rings is 2. The van der Waals surface area contributed by atoms with Crippen LogP contribution in [0.4, 0.5) is 4.39 Å². The topological polar surface area (TPSA) is 6.48 Å². The molecule has 0 N–H and O–H groups in total. The SMILES string of the molecule is CN1CCN(CCC2=CCc3c2cccc3-c2ccc(F)cc2)CC1. The minimum Gasteiger partial charge on any atom is -0.304 e. The number of nitrogens with zero attached hydrogens (tertiary/aromatic N) is 2. The lowest BCUT2D eigenvalue weighted by atomic mass is 9.94. The Morgan fingerprint density at radius 1 is 0.920 bits per heavy atom. The Morgan fingerprint density at radius 2 is 1.64 bits per heavy atom. The first-order chi connectivity index (χ1) is 12.2. The number of halogens is 1. The van der Waals surface area contributed by atoms with Gasteiger partial charge in [0.15, 0.2) is 0 Å². The zero-order valence-electron chi connectivity index (χ0n) is 14.8. The first-order valence-electron chi connectivity index (χ1n) is 9.19. The summed E-state index contributed by atoms with van der Waals surface area (Å²) in [6, 6.07) is 13.4. The van der Waals surface area contributed by atoms with E-state index in [2.05, 4.69) is 41.1 Å². The van der Waals surface area contributed by atoms with E-state index in [1.54, 1.807) is 12.1 Å². The largest absolute Gasteiger partial charge is 0.304 e. The Bertz CT molecular complexity index is 771. The van der Waals surface area contributed by atoms with Crippen LogP contribution in [0.25, 0.3) is 16.7 Å². The van der Waals surface area contributed by atoms with E-state index in [0.717, 1.165) is 24.9 Å². The van der Waals surface area contributed by atoms with Gasteiger partial charge in [0, 0.05) is 32.7 Å². The first kappa shape index (κ1) is 16.5. The van der Waals surface area contributed by atoms with Gasteiger partial charge >= 0.3 is 0 Å². The van der Waals surface area contributed by atoms with Crippen molar-refractivity contribution in [1.29, 1.82) is 0 Å². The summed E-state index contributed by atoms with van der Waals surface area (Å²) in [4.78, 5) is 4.97. The summed E-state index contributed by atoms with van der Waals surface area (Å²) in [7, 11) is 2.20. The van der Waals surface area contributed by atoms with Crippen molar-refractivity contribution in [2.75, 3.05) is 39.8 Å². The molecule has 3 heteroatoms. The van der Waals surface area contributed by atoms with Gasteiger partial charge in [0.2, 0.25) is 0 Å². The fourth-order valence-electron chi connectivity index (χ4n) is 3.93. The van der Waals surface area contributed by atoms with Crippen LogP contribution < -0.4 is 0 Å². The Labute approximate surface area is 149 Å². The summed E-state index contributed by atoms with van der Waals surface area (Å²) in [5, 5.41) is 0. The van der Waals surface area contributed by atoms with Gasteiger partial charge in [-0.1, -0.05) is 36.4 Å². The minimum absolute atomic E-state index is 0.178. The molecule has 1 aliphatic carbocycles. The van der Waals surface area contributed by atoms with Crippen LogP contribution in [0.3, 0.4) is 0 Å². The van der Waals surface area contributed by atoms with Gasteiger partial charge in [-0.2, -0.15) is 0 Å². The molecule has 1 fully saturated rings. The van der Waals surface area contributed by atoms with Gasteiger partial charge < -0.3 is 9.80 Å². The molecule has 2 aromatic carbocycles. The Balaban J connectivity index is 1.49. The monoisotopic (exact) mass is 336 g/mol. The summed E-state index contributed by atoms with van der Waals surface area (Å²) in [6.45, 7) is 5.83. The van der Waals surface area contributed by atoms with Crippen molar-refractivity contribution in [3.05, 3.63) is 65.5 Å². The molecular weight excluding hydrogens is 311 g/mol. The molecule has 1 aliphatic heterocycles. The molecular formula is C22H25FN2. The first-order valence-corrected chi connectivity index (χ1v) is 9.19. The van der Waals surface area contributed by atoms with Gasteiger partial charge in [-0.15, -0.1) is 0 Å². The number of fused-ring (bicyclic) bond motifs is 1. The van der Waals surface area contributed by atoms with Crippen LogP contribution in [0.5, 0.6) is 0 Å². The third kappa shape index (κ3) is 3.53. The molecule has 2 nitrogen and oxygen atoms in total. The van der Waals surface area contributed by atoms with E-state index in [0.29, 0.717) is 0 Å². The maximum absolute atomic E-state index is 13.2. The smallest absolute Gasteiger partial charge is 0.123 e. The average Bonchev–Trinajstić information content (AvgIpc) is 3.05. The van der Waals surface area contributed by atoms with E-state index in [4.69, 9.17) is 0 Å². The van der Waals surface area contributed by atoms with Crippen molar-refractivity contribution in [2.45, 2.75) is 12.8 Å². The van der Waals surface area contributed by atoms with E-state index in [1.807, 2.05) is 12.1 Å². The fraction of sp³-hybridized carbons (Fsp3) is 0.364. The standard InChI is InChI=1S/C22H25FN2/c1-24-13-15-25(16-14-24)12-11-18-7-10-22-20(3-2-4-21(18)22)17-5-8-19(23)9-6-17/h2-9H,10-16H2,1H3. The van der Waals surface area contributed by atoms with Crippen LogP contribution in [0.2, 0.25) is 0 Å². The van der Waals surface area contributed by atoms with Crippen LogP contribution in [0, 0.1) is 5.82 Å². The Hall–Kier alpha value is -1.97. The number of allylic oxidation sites excluding steroid dienone is 1. The lowest BCUT2D eigenvalue weighted by Crippen LogP contribution is -2.44. The predicted molar refractivity (Wildman–Crippen MR) is 102 cm³/mol. The molecule has 0 radical (unpaired) electrons. The molecule has 130 valence electrons. The van der Waals surface area contributed by atoms with Crippen molar-refractivity contribution in [2.24, 2.45) is 0 Å². The lowest BCUT2D eigenvalue weighted by Gasteiger charge is -2.32. The summed E-state index contributed by atoms with van der Waals surface area (Å²) >= 11 is 0. The van der Waals surface area contributed by atoms with Gasteiger partial charge in [0.05, 0.1) is 0 Å². The molecule has 0 spiro atoms. The Kier molecular flexibility index (Phi) is 4.69. The molecule has 0 atom stereocenters. The van der Waals surface area contributed by atoms with Crippen LogP contribution in [0.15, 0.2) is 48.5 Å². The molecule has 1 heterocycles. The van der Waals surface area contributed by atoms with Crippen LogP contribution >= 0.6 is 0 Å². The summed E-state index contributed by atoms with van der Waals surface area (Å²) < 4.78 is 13.2. The summed E-state index contributed by atoms with van der Waals surface area (Å²) in [6.07, 6.45) is 4.48. The highest BCUT2D eigenvalue weighted by Gasteiger charge is 2.19. The van der Waals surface area contributed by atoms with E-state index in [1.165, 1.54) is 48.4 Å². The van der Waals surface area contributed by atoms with E-state index >= 15 is 0 Å². The van der Waals surface area contributed by atoms with Crippen LogP contribution in [-0.2, 0) is 6.42 Å². The van der Waals surface area contributed by atoms with E-state index in [-0.39, 0.29) is 5.82 Å². The molecule has 4 rings (SSSR count). The zero-order chi connectivity index (χ0) is 17.2. The van der Waals surface area contributed by atoms with E-state index < -0.39 is 0 Å². The quantitative estimate of drug-likeness (QED) is 0.830. The van der Waals surface area contributed by atoms with Gasteiger partial charge in [-0.25, -0.2) is 4.39 Å². The number of hydrogen-bond acceptors (Lipinski definition) is 2. The van der Waals surface area contributed by atoms with Crippen molar-refractivity contribution in [1.82, 2.24) is 9.80 Å². The van der Waals surface area contributed by atoms with Crippen LogP contribution in [0.1, 0.15) is 17.5 Å². The second kappa shape index (κ2) is 7.11. The number of likely N-dealkylation sites (N-methyl/N-ethyl adjacent to an activating group) is 1. The van der Waals surface area contributed by atoms with Crippen molar-refractivity contribution in [3.63, 3.8) is 0 Å². The molecule has 0 amide bonds. The molecule has 2 aromatic rings. The van der Waals surface area contributed by atoms with Gasteiger partial charge in [0.1, 0.15) is 5.82 Å². The molecule has 0 bridgehead atoms. The van der Waals surface area contributed by atoms with Gasteiger partial charge in [-0.3, -0.25) is 0 Å². The number of rotatable bonds is 4. The lowest BCUT2D eigenvalue weighted by molar-refractivity contribution is 0.157. The maximum Gasteiger partial charge on any atom is 0.123 e. The van der Waals surface area contributed by atoms with Crippen molar-refractivity contribution < 1.29 is 4.39 Å². The summed E-state index contributed by atoms with van der Waals surface area (Å²) in [5.74, 6) is -0.178. The fourth-order valence-corrected chi connectivity index (χ4v) is 3.93. The minimum atomic E-state index is -0.178.